The van der Waals surface area contributed by atoms with E-state index in [4.69, 9.17) is 9.47 Å². The molecule has 1 amide bonds. The Balaban J connectivity index is 2.95. The standard InChI is InChI=1S/C6H12INO3/c1-10-4-2-3-5-11-6(9)8-7/h2-5H2,1H3,(H,8,9). The lowest BCUT2D eigenvalue weighted by atomic mass is 10.3. The molecule has 0 fully saturated rings. The molecule has 66 valence electrons. The summed E-state index contributed by atoms with van der Waals surface area (Å²) in [7, 11) is 1.65. The van der Waals surface area contributed by atoms with Gasteiger partial charge in [0.05, 0.1) is 29.5 Å². The smallest absolute Gasteiger partial charge is 0.415 e. The molecular weight excluding hydrogens is 261 g/mol. The normalized spacial score (nSPS) is 9.27. The number of halogens is 1. The summed E-state index contributed by atoms with van der Waals surface area (Å²) < 4.78 is 11.9. The van der Waals surface area contributed by atoms with Crippen LogP contribution < -0.4 is 3.53 Å². The Bertz CT molecular complexity index is 110. The van der Waals surface area contributed by atoms with Gasteiger partial charge in [-0.1, -0.05) is 0 Å². The number of methoxy groups -OCH3 is 1. The van der Waals surface area contributed by atoms with Gasteiger partial charge < -0.3 is 9.47 Å². The van der Waals surface area contributed by atoms with E-state index in [0.717, 1.165) is 19.4 Å². The quantitative estimate of drug-likeness (QED) is 0.469. The number of rotatable bonds is 5. The first-order valence-corrected chi connectivity index (χ1v) is 4.41. The molecule has 0 rings (SSSR count). The fourth-order valence-electron chi connectivity index (χ4n) is 0.541. The predicted molar refractivity (Wildman–Crippen MR) is 49.6 cm³/mol. The van der Waals surface area contributed by atoms with Crippen LogP contribution in [0.2, 0.25) is 0 Å². The first kappa shape index (κ1) is 11.0. The second-order valence-corrected chi connectivity index (χ2v) is 2.47. The molecule has 0 saturated heterocycles. The molecule has 0 aliphatic rings. The van der Waals surface area contributed by atoms with Gasteiger partial charge in [0.2, 0.25) is 0 Å². The lowest BCUT2D eigenvalue weighted by Crippen LogP contribution is -2.14. The van der Waals surface area contributed by atoms with Gasteiger partial charge in [0.25, 0.3) is 0 Å². The van der Waals surface area contributed by atoms with Crippen LogP contribution in [-0.4, -0.2) is 26.4 Å². The topological polar surface area (TPSA) is 47.6 Å². The van der Waals surface area contributed by atoms with E-state index in [1.165, 1.54) is 0 Å². The van der Waals surface area contributed by atoms with Crippen LogP contribution in [-0.2, 0) is 9.47 Å². The molecule has 0 aliphatic heterocycles. The van der Waals surface area contributed by atoms with E-state index in [1.54, 1.807) is 30.0 Å². The van der Waals surface area contributed by atoms with Crippen molar-refractivity contribution < 1.29 is 14.3 Å². The van der Waals surface area contributed by atoms with Crippen molar-refractivity contribution >= 4 is 29.0 Å². The van der Waals surface area contributed by atoms with Gasteiger partial charge in [0, 0.05) is 13.7 Å². The maximum absolute atomic E-state index is 10.5. The summed E-state index contributed by atoms with van der Waals surface area (Å²) in [6, 6.07) is 0. The molecule has 0 radical (unpaired) electrons. The van der Waals surface area contributed by atoms with Crippen LogP contribution in [0.15, 0.2) is 0 Å². The lowest BCUT2D eigenvalue weighted by Gasteiger charge is -2.01. The van der Waals surface area contributed by atoms with E-state index in [9.17, 15) is 4.79 Å². The van der Waals surface area contributed by atoms with Crippen molar-refractivity contribution in [3.63, 3.8) is 0 Å². The second kappa shape index (κ2) is 8.06. The first-order chi connectivity index (χ1) is 5.31. The fourth-order valence-corrected chi connectivity index (χ4v) is 0.696. The van der Waals surface area contributed by atoms with Crippen LogP contribution in [0.25, 0.3) is 0 Å². The van der Waals surface area contributed by atoms with Gasteiger partial charge in [-0.3, -0.25) is 3.53 Å². The molecule has 4 nitrogen and oxygen atoms in total. The number of hydrogen-bond donors (Lipinski definition) is 1. The van der Waals surface area contributed by atoms with Crippen molar-refractivity contribution in [1.82, 2.24) is 3.53 Å². The van der Waals surface area contributed by atoms with Crippen molar-refractivity contribution in [3.05, 3.63) is 0 Å². The minimum Gasteiger partial charge on any atom is -0.449 e. The molecule has 0 aromatic rings. The van der Waals surface area contributed by atoms with E-state index in [1.807, 2.05) is 0 Å². The number of unbranched alkanes of at least 4 members (excludes halogenated alkanes) is 1. The van der Waals surface area contributed by atoms with Crippen LogP contribution in [0.5, 0.6) is 0 Å². The number of carbonyl (C=O) groups excluding carboxylic acids is 1. The zero-order chi connectivity index (χ0) is 8.53. The number of hydrogen-bond acceptors (Lipinski definition) is 3. The first-order valence-electron chi connectivity index (χ1n) is 3.33. The highest BCUT2D eigenvalue weighted by Crippen LogP contribution is 1.91. The summed E-state index contributed by atoms with van der Waals surface area (Å²) in [6.45, 7) is 1.17. The molecule has 0 aromatic heterocycles. The van der Waals surface area contributed by atoms with Crippen molar-refractivity contribution in [3.8, 4) is 0 Å². The number of ether oxygens (including phenoxy) is 2. The van der Waals surface area contributed by atoms with Crippen molar-refractivity contribution in [2.24, 2.45) is 0 Å². The van der Waals surface area contributed by atoms with Gasteiger partial charge in [-0.05, 0) is 12.8 Å². The van der Waals surface area contributed by atoms with Crippen LogP contribution in [0.3, 0.4) is 0 Å². The van der Waals surface area contributed by atoms with E-state index in [0.29, 0.717) is 6.61 Å². The molecule has 0 aliphatic carbocycles. The average molecular weight is 273 g/mol. The van der Waals surface area contributed by atoms with Crippen LogP contribution in [0, 0.1) is 0 Å². The third kappa shape index (κ3) is 7.86. The van der Waals surface area contributed by atoms with Crippen LogP contribution >= 0.6 is 22.9 Å². The van der Waals surface area contributed by atoms with Crippen molar-refractivity contribution in [1.29, 1.82) is 0 Å². The molecule has 11 heavy (non-hydrogen) atoms. The van der Waals surface area contributed by atoms with Gasteiger partial charge in [0.1, 0.15) is 0 Å². The Morgan fingerprint density at radius 3 is 2.64 bits per heavy atom. The van der Waals surface area contributed by atoms with Gasteiger partial charge in [-0.15, -0.1) is 0 Å². The molecule has 0 atom stereocenters. The number of carbonyl (C=O) groups is 1. The molecular formula is C6H12INO3. The maximum atomic E-state index is 10.5. The minimum absolute atomic E-state index is 0.386. The molecule has 0 spiro atoms. The molecule has 0 saturated carbocycles. The van der Waals surface area contributed by atoms with Crippen LogP contribution in [0.4, 0.5) is 4.79 Å². The lowest BCUT2D eigenvalue weighted by molar-refractivity contribution is 0.142. The van der Waals surface area contributed by atoms with Gasteiger partial charge in [-0.25, -0.2) is 4.79 Å². The summed E-state index contributed by atoms with van der Waals surface area (Å²) >= 11 is 1.73. The second-order valence-electron chi connectivity index (χ2n) is 1.93. The highest BCUT2D eigenvalue weighted by Gasteiger charge is 1.96. The Morgan fingerprint density at radius 1 is 1.45 bits per heavy atom. The monoisotopic (exact) mass is 273 g/mol. The summed E-state index contributed by atoms with van der Waals surface area (Å²) in [6.07, 6.45) is 1.38. The van der Waals surface area contributed by atoms with E-state index in [2.05, 4.69) is 3.53 Å². The number of amides is 1. The zero-order valence-electron chi connectivity index (χ0n) is 6.43. The molecule has 0 bridgehead atoms. The Morgan fingerprint density at radius 2 is 2.09 bits per heavy atom. The summed E-state index contributed by atoms with van der Waals surface area (Å²) in [5.74, 6) is 0. The minimum atomic E-state index is -0.386. The average Bonchev–Trinajstić information content (AvgIpc) is 2.04. The van der Waals surface area contributed by atoms with E-state index >= 15 is 0 Å². The van der Waals surface area contributed by atoms with E-state index in [-0.39, 0.29) is 6.09 Å². The molecule has 0 aromatic carbocycles. The molecule has 1 N–H and O–H groups in total. The highest BCUT2D eigenvalue weighted by atomic mass is 127. The SMILES string of the molecule is COCCCCOC(=O)NI. The summed E-state index contributed by atoms with van der Waals surface area (Å²) in [5, 5.41) is 0. The fraction of sp³-hybridized carbons (Fsp3) is 0.833. The summed E-state index contributed by atoms with van der Waals surface area (Å²) in [4.78, 5) is 10.5. The third-order valence-corrected chi connectivity index (χ3v) is 1.49. The summed E-state index contributed by atoms with van der Waals surface area (Å²) in [5.41, 5.74) is 0. The molecule has 0 unspecified atom stereocenters. The van der Waals surface area contributed by atoms with Crippen molar-refractivity contribution in [2.45, 2.75) is 12.8 Å². The van der Waals surface area contributed by atoms with Gasteiger partial charge in [-0.2, -0.15) is 0 Å². The van der Waals surface area contributed by atoms with Gasteiger partial charge >= 0.3 is 6.09 Å². The van der Waals surface area contributed by atoms with Crippen molar-refractivity contribution in [2.75, 3.05) is 20.3 Å². The highest BCUT2D eigenvalue weighted by molar-refractivity contribution is 14.1. The maximum Gasteiger partial charge on any atom is 0.415 e. The Labute approximate surface area is 80.1 Å². The van der Waals surface area contributed by atoms with E-state index < -0.39 is 0 Å². The zero-order valence-corrected chi connectivity index (χ0v) is 8.59. The van der Waals surface area contributed by atoms with Crippen LogP contribution in [0.1, 0.15) is 12.8 Å². The Kier molecular flexibility index (Phi) is 8.03. The Hall–Kier alpha value is -0.0400. The third-order valence-electron chi connectivity index (χ3n) is 1.05. The molecule has 0 heterocycles. The van der Waals surface area contributed by atoms with Gasteiger partial charge in [0.15, 0.2) is 0 Å². The molecule has 5 heteroatoms. The predicted octanol–water partition coefficient (Wildman–Crippen LogP) is 1.49. The number of nitrogens with one attached hydrogen (secondary N) is 1. The largest absolute Gasteiger partial charge is 0.449 e.